The van der Waals surface area contributed by atoms with Crippen LogP contribution in [0, 0.1) is 11.3 Å². The summed E-state index contributed by atoms with van der Waals surface area (Å²) in [6, 6.07) is 1.85. The van der Waals surface area contributed by atoms with Crippen molar-refractivity contribution in [2.24, 2.45) is 5.73 Å². The normalized spacial score (nSPS) is 16.3. The molecule has 0 spiro atoms. The van der Waals surface area contributed by atoms with Gasteiger partial charge in [0.2, 0.25) is 12.1 Å². The van der Waals surface area contributed by atoms with Crippen molar-refractivity contribution < 1.29 is 13.9 Å². The quantitative estimate of drug-likeness (QED) is 0.384. The minimum absolute atomic E-state index is 0.0153. The van der Waals surface area contributed by atoms with E-state index in [-0.39, 0.29) is 17.0 Å². The largest absolute Gasteiger partial charge is 0.452 e. The van der Waals surface area contributed by atoms with Crippen LogP contribution in [0.3, 0.4) is 0 Å². The van der Waals surface area contributed by atoms with Gasteiger partial charge >= 0.3 is 0 Å². The summed E-state index contributed by atoms with van der Waals surface area (Å²) in [7, 11) is 3.42. The number of ether oxygens (including phenoxy) is 1. The summed E-state index contributed by atoms with van der Waals surface area (Å²) in [5.74, 6) is -0.275. The second-order valence-electron chi connectivity index (χ2n) is 5.79. The predicted molar refractivity (Wildman–Crippen MR) is 102 cm³/mol. The van der Waals surface area contributed by atoms with E-state index < -0.39 is 12.1 Å². The molecule has 0 saturated heterocycles. The third-order valence-corrected chi connectivity index (χ3v) is 3.87. The molecule has 0 aromatic carbocycles. The van der Waals surface area contributed by atoms with Crippen molar-refractivity contribution in [2.75, 3.05) is 14.1 Å². The van der Waals surface area contributed by atoms with Gasteiger partial charge in [-0.05, 0) is 52.6 Å². The van der Waals surface area contributed by atoms with Crippen molar-refractivity contribution in [3.8, 4) is 6.07 Å². The Bertz CT molecular complexity index is 805. The van der Waals surface area contributed by atoms with Crippen molar-refractivity contribution >= 4 is 21.7 Å². The van der Waals surface area contributed by atoms with E-state index in [9.17, 15) is 9.18 Å². The molecule has 0 heterocycles. The molecule has 0 bridgehead atoms. The fraction of sp³-hybridized carbons (Fsp3) is 0.316. The molecule has 5 nitrogen and oxygen atoms in total. The van der Waals surface area contributed by atoms with Gasteiger partial charge in [-0.25, -0.2) is 4.39 Å². The molecule has 0 aromatic heterocycles. The van der Waals surface area contributed by atoms with Crippen molar-refractivity contribution in [3.05, 3.63) is 62.8 Å². The third-order valence-electron chi connectivity index (χ3n) is 3.28. The van der Waals surface area contributed by atoms with Crippen LogP contribution in [0.25, 0.3) is 0 Å². The Labute approximate surface area is 161 Å². The van der Waals surface area contributed by atoms with Crippen molar-refractivity contribution in [1.82, 2.24) is 4.90 Å². The highest BCUT2D eigenvalue weighted by molar-refractivity contribution is 9.12. The summed E-state index contributed by atoms with van der Waals surface area (Å²) in [6.07, 6.45) is 5.30. The lowest BCUT2D eigenvalue weighted by Gasteiger charge is -2.07. The number of Topliss-reactive ketones (excluding diaryl/α,β-unsaturated/α-hetero) is 1. The number of halogens is 2. The molecule has 2 N–H and O–H groups in total. The Morgan fingerprint density at radius 1 is 1.58 bits per heavy atom. The van der Waals surface area contributed by atoms with Crippen LogP contribution in [0.2, 0.25) is 0 Å². The first-order valence-corrected chi connectivity index (χ1v) is 8.58. The molecule has 0 amide bonds. The first-order chi connectivity index (χ1) is 12.1. The highest BCUT2D eigenvalue weighted by Crippen LogP contribution is 2.26. The number of nitrogens with two attached hydrogens (primary N) is 1. The van der Waals surface area contributed by atoms with Gasteiger partial charge in [0, 0.05) is 27.2 Å². The van der Waals surface area contributed by atoms with Crippen LogP contribution in [0.15, 0.2) is 62.8 Å². The van der Waals surface area contributed by atoms with Gasteiger partial charge in [-0.3, -0.25) is 4.79 Å². The molecule has 0 aliphatic heterocycles. The number of hydrogen-bond donors (Lipinski definition) is 1. The smallest absolute Gasteiger partial charge is 0.236 e. The maximum atomic E-state index is 13.1. The lowest BCUT2D eigenvalue weighted by atomic mass is 10.0. The average molecular weight is 422 g/mol. The van der Waals surface area contributed by atoms with Gasteiger partial charge in [-0.1, -0.05) is 11.8 Å². The zero-order chi connectivity index (χ0) is 19.9. The number of hydrogen-bond acceptors (Lipinski definition) is 5. The molecule has 1 aliphatic rings. The summed E-state index contributed by atoms with van der Waals surface area (Å²) in [5.41, 5.74) is 10.4. The fourth-order valence-electron chi connectivity index (χ4n) is 2.02. The molecule has 138 valence electrons. The van der Waals surface area contributed by atoms with Crippen LogP contribution in [-0.4, -0.2) is 31.1 Å². The number of nitrogens with zero attached hydrogens (tertiary/aromatic N) is 2. The van der Waals surface area contributed by atoms with E-state index in [0.29, 0.717) is 10.9 Å². The summed E-state index contributed by atoms with van der Waals surface area (Å²) in [6.45, 7) is 3.15. The lowest BCUT2D eigenvalue weighted by Crippen LogP contribution is -2.15. The van der Waals surface area contributed by atoms with Crippen LogP contribution in [0.1, 0.15) is 20.3 Å². The van der Waals surface area contributed by atoms with E-state index in [4.69, 9.17) is 15.7 Å². The summed E-state index contributed by atoms with van der Waals surface area (Å²) in [5, 5.41) is 9.09. The van der Waals surface area contributed by atoms with Crippen molar-refractivity contribution in [2.45, 2.75) is 26.6 Å². The molecule has 26 heavy (non-hydrogen) atoms. The van der Waals surface area contributed by atoms with Gasteiger partial charge in [0.15, 0.2) is 5.76 Å². The summed E-state index contributed by atoms with van der Waals surface area (Å²) < 4.78 is 18.7. The second kappa shape index (κ2) is 9.81. The van der Waals surface area contributed by atoms with E-state index >= 15 is 0 Å². The maximum Gasteiger partial charge on any atom is 0.236 e. The Hall–Kier alpha value is -2.55. The highest BCUT2D eigenvalue weighted by Gasteiger charge is 2.14. The monoisotopic (exact) mass is 421 g/mol. The number of carbonyl (C=O) groups is 1. The van der Waals surface area contributed by atoms with Crippen LogP contribution < -0.4 is 5.73 Å². The summed E-state index contributed by atoms with van der Waals surface area (Å²) in [4.78, 5) is 13.8. The lowest BCUT2D eigenvalue weighted by molar-refractivity contribution is -0.112. The van der Waals surface area contributed by atoms with Crippen molar-refractivity contribution in [1.29, 1.82) is 5.26 Å². The predicted octanol–water partition coefficient (Wildman–Crippen LogP) is 3.74. The van der Waals surface area contributed by atoms with E-state index in [0.717, 1.165) is 11.1 Å². The standard InChI is InChI=1S/C19H21BrFN3O2/c1-12-9-16(20)18(26-13(2)21)8-6-14(12)5-7-17(23)19(25)15(10-22)11-24(3)4/h6-7,9,11,13H,5,23H2,1-4H3/b15-11+,17-7?. The Kier molecular flexibility index (Phi) is 8.11. The number of alkyl halides is 1. The first kappa shape index (κ1) is 21.5. The molecular weight excluding hydrogens is 401 g/mol. The number of carbonyl (C=O) groups excluding carboxylic acids is 1. The fourth-order valence-corrected chi connectivity index (χ4v) is 2.57. The average Bonchev–Trinajstić information content (AvgIpc) is 2.68. The first-order valence-electron chi connectivity index (χ1n) is 7.79. The molecule has 0 aromatic rings. The second-order valence-corrected chi connectivity index (χ2v) is 6.64. The number of rotatable bonds is 7. The maximum absolute atomic E-state index is 13.1. The Morgan fingerprint density at radius 3 is 2.77 bits per heavy atom. The minimum Gasteiger partial charge on any atom is -0.452 e. The van der Waals surface area contributed by atoms with E-state index in [1.165, 1.54) is 13.1 Å². The van der Waals surface area contributed by atoms with Gasteiger partial charge in [-0.2, -0.15) is 5.26 Å². The number of nitriles is 1. The SMILES string of the molecule is CC1=C(CC=C(N)C(=O)/C(C#N)=C/N(C)C)C=C=C(OC(C)F)C(Br)=C1. The molecule has 1 aliphatic carbocycles. The van der Waals surface area contributed by atoms with E-state index in [1.54, 1.807) is 37.2 Å². The molecule has 0 radical (unpaired) electrons. The van der Waals surface area contributed by atoms with Gasteiger partial charge in [0.05, 0.1) is 10.2 Å². The Balaban J connectivity index is 3.06. The number of ketones is 1. The topological polar surface area (TPSA) is 79.3 Å². The van der Waals surface area contributed by atoms with Crippen LogP contribution in [0.5, 0.6) is 0 Å². The van der Waals surface area contributed by atoms with E-state index in [1.807, 2.05) is 13.0 Å². The van der Waals surface area contributed by atoms with Gasteiger partial charge in [-0.15, -0.1) is 0 Å². The molecular formula is C19H21BrFN3O2. The summed E-state index contributed by atoms with van der Waals surface area (Å²) >= 11 is 3.33. The van der Waals surface area contributed by atoms with Crippen LogP contribution in [0.4, 0.5) is 4.39 Å². The number of allylic oxidation sites excluding steroid dienone is 6. The zero-order valence-corrected chi connectivity index (χ0v) is 16.7. The zero-order valence-electron chi connectivity index (χ0n) is 15.1. The molecule has 1 unspecified atom stereocenters. The Morgan fingerprint density at radius 2 is 2.23 bits per heavy atom. The molecule has 0 fully saturated rings. The van der Waals surface area contributed by atoms with Crippen LogP contribution >= 0.6 is 15.9 Å². The van der Waals surface area contributed by atoms with Crippen molar-refractivity contribution in [3.63, 3.8) is 0 Å². The third kappa shape index (κ3) is 6.40. The highest BCUT2D eigenvalue weighted by atomic mass is 79.9. The van der Waals surface area contributed by atoms with Gasteiger partial charge in [0.1, 0.15) is 11.6 Å². The van der Waals surface area contributed by atoms with Gasteiger partial charge < -0.3 is 15.4 Å². The van der Waals surface area contributed by atoms with Gasteiger partial charge in [0.25, 0.3) is 0 Å². The van der Waals surface area contributed by atoms with E-state index in [2.05, 4.69) is 21.7 Å². The molecule has 1 atom stereocenters. The molecule has 1 rings (SSSR count). The molecule has 7 heteroatoms. The minimum atomic E-state index is -1.46. The molecule has 0 saturated carbocycles. The van der Waals surface area contributed by atoms with Crippen LogP contribution in [-0.2, 0) is 9.53 Å².